The Hall–Kier alpha value is -2.42. The Labute approximate surface area is 169 Å². The predicted octanol–water partition coefficient (Wildman–Crippen LogP) is 3.36. The molecule has 0 saturated carbocycles. The average Bonchev–Trinajstić information content (AvgIpc) is 2.61. The van der Waals surface area contributed by atoms with Crippen LogP contribution in [-0.4, -0.2) is 46.0 Å². The van der Waals surface area contributed by atoms with Gasteiger partial charge in [0.1, 0.15) is 18.2 Å². The highest BCUT2D eigenvalue weighted by atomic mass is 32.2. The molecule has 2 atom stereocenters. The Kier molecular flexibility index (Phi) is 9.64. The van der Waals surface area contributed by atoms with Crippen molar-refractivity contribution >= 4 is 29.9 Å². The van der Waals surface area contributed by atoms with Crippen LogP contribution in [0.2, 0.25) is 0 Å². The van der Waals surface area contributed by atoms with Crippen molar-refractivity contribution in [3.63, 3.8) is 0 Å². The van der Waals surface area contributed by atoms with Gasteiger partial charge in [0.15, 0.2) is 0 Å². The van der Waals surface area contributed by atoms with Crippen molar-refractivity contribution in [2.24, 2.45) is 0 Å². The number of hydrogen-bond acceptors (Lipinski definition) is 6. The minimum absolute atomic E-state index is 0.0616. The molecule has 0 fully saturated rings. The summed E-state index contributed by atoms with van der Waals surface area (Å²) < 4.78 is 10.2. The van der Waals surface area contributed by atoms with Crippen LogP contribution in [0.1, 0.15) is 39.7 Å². The average molecular weight is 413 g/mol. The van der Waals surface area contributed by atoms with Crippen LogP contribution in [-0.2, 0) is 20.9 Å². The molecule has 1 aromatic rings. The summed E-state index contributed by atoms with van der Waals surface area (Å²) in [5.41, 5.74) is 0.141. The molecular weight excluding hydrogens is 384 g/mol. The van der Waals surface area contributed by atoms with Crippen LogP contribution >= 0.6 is 11.8 Å². The Morgan fingerprint density at radius 1 is 1.11 bits per heavy atom. The zero-order chi connectivity index (χ0) is 21.2. The lowest BCUT2D eigenvalue weighted by molar-refractivity contribution is -0.138. The van der Waals surface area contributed by atoms with Crippen LogP contribution in [0.3, 0.4) is 0 Å². The second-order valence-corrected chi connectivity index (χ2v) is 8.21. The van der Waals surface area contributed by atoms with E-state index < -0.39 is 29.8 Å². The van der Waals surface area contributed by atoms with Crippen LogP contribution in [0.25, 0.3) is 0 Å². The number of carboxylic acid groups (broad SMARTS) is 1. The molecule has 0 aliphatic heterocycles. The maximum absolute atomic E-state index is 11.9. The zero-order valence-corrected chi connectivity index (χ0v) is 17.4. The number of alkyl carbamates (subject to hydrolysis) is 2. The van der Waals surface area contributed by atoms with E-state index in [1.165, 1.54) is 11.8 Å². The van der Waals surface area contributed by atoms with E-state index in [1.807, 2.05) is 37.3 Å². The zero-order valence-electron chi connectivity index (χ0n) is 16.6. The highest BCUT2D eigenvalue weighted by Crippen LogP contribution is 2.15. The summed E-state index contributed by atoms with van der Waals surface area (Å²) in [5, 5.41) is 14.0. The largest absolute Gasteiger partial charge is 0.480 e. The fourth-order valence-corrected chi connectivity index (χ4v) is 3.06. The van der Waals surface area contributed by atoms with Crippen LogP contribution in [0.15, 0.2) is 30.3 Å². The van der Waals surface area contributed by atoms with Gasteiger partial charge in [0, 0.05) is 5.75 Å². The van der Waals surface area contributed by atoms with E-state index in [-0.39, 0.29) is 17.7 Å². The minimum Gasteiger partial charge on any atom is -0.480 e. The second-order valence-electron chi connectivity index (χ2n) is 6.97. The molecule has 9 heteroatoms. The van der Waals surface area contributed by atoms with Gasteiger partial charge in [0.05, 0.1) is 5.37 Å². The van der Waals surface area contributed by atoms with Crippen LogP contribution in [0, 0.1) is 0 Å². The summed E-state index contributed by atoms with van der Waals surface area (Å²) in [5.74, 6) is -1.12. The van der Waals surface area contributed by atoms with Crippen LogP contribution in [0.5, 0.6) is 0 Å². The molecule has 8 nitrogen and oxygen atoms in total. The van der Waals surface area contributed by atoms with Gasteiger partial charge in [0.2, 0.25) is 0 Å². The standard InChI is InChI=1S/C19H28N2O6S/c1-5-15(21-17(24)26-11-13-9-7-6-8-10-13)28-12-14(16(22)23)20-18(25)27-19(2,3)4/h6-10,14-15H,5,11-12H2,1-4H3,(H,20,25)(H,21,24)(H,22,23)/t14-,15?/m0/s1. The summed E-state index contributed by atoms with van der Waals surface area (Å²) >= 11 is 1.20. The Morgan fingerprint density at radius 3 is 2.29 bits per heavy atom. The summed E-state index contributed by atoms with van der Waals surface area (Å²) in [7, 11) is 0. The maximum Gasteiger partial charge on any atom is 0.408 e. The molecule has 0 aliphatic rings. The van der Waals surface area contributed by atoms with E-state index in [0.717, 1.165) is 5.56 Å². The number of rotatable bonds is 9. The summed E-state index contributed by atoms with van der Waals surface area (Å²) in [6, 6.07) is 8.13. The number of carbonyl (C=O) groups is 3. The highest BCUT2D eigenvalue weighted by Gasteiger charge is 2.25. The number of benzene rings is 1. The van der Waals surface area contributed by atoms with Crippen molar-refractivity contribution in [2.75, 3.05) is 5.75 Å². The Balaban J connectivity index is 2.47. The molecule has 0 bridgehead atoms. The molecule has 0 saturated heterocycles. The molecule has 28 heavy (non-hydrogen) atoms. The molecule has 1 rings (SSSR count). The molecule has 0 aromatic heterocycles. The third-order valence-corrected chi connectivity index (χ3v) is 4.69. The summed E-state index contributed by atoms with van der Waals surface area (Å²) in [6.45, 7) is 7.07. The van der Waals surface area contributed by atoms with Crippen molar-refractivity contribution < 1.29 is 29.0 Å². The van der Waals surface area contributed by atoms with Crippen molar-refractivity contribution in [2.45, 2.75) is 57.7 Å². The quantitative estimate of drug-likeness (QED) is 0.533. The number of hydrogen-bond donors (Lipinski definition) is 3. The summed E-state index contributed by atoms with van der Waals surface area (Å²) in [4.78, 5) is 35.1. The fraction of sp³-hybridized carbons (Fsp3) is 0.526. The van der Waals surface area contributed by atoms with E-state index in [0.29, 0.717) is 6.42 Å². The second kappa shape index (κ2) is 11.4. The van der Waals surface area contributed by atoms with Crippen molar-refractivity contribution in [3.8, 4) is 0 Å². The first-order chi connectivity index (χ1) is 13.1. The third-order valence-electron chi connectivity index (χ3n) is 3.32. The van der Waals surface area contributed by atoms with E-state index in [2.05, 4.69) is 10.6 Å². The van der Waals surface area contributed by atoms with Crippen LogP contribution in [0.4, 0.5) is 9.59 Å². The van der Waals surface area contributed by atoms with Gasteiger partial charge in [-0.25, -0.2) is 14.4 Å². The number of carboxylic acids is 1. The van der Waals surface area contributed by atoms with Gasteiger partial charge in [-0.3, -0.25) is 0 Å². The molecule has 0 radical (unpaired) electrons. The smallest absolute Gasteiger partial charge is 0.408 e. The lowest BCUT2D eigenvalue weighted by atomic mass is 10.2. The molecule has 0 aliphatic carbocycles. The van der Waals surface area contributed by atoms with Crippen molar-refractivity contribution in [1.82, 2.24) is 10.6 Å². The predicted molar refractivity (Wildman–Crippen MR) is 107 cm³/mol. The number of ether oxygens (including phenoxy) is 2. The molecule has 0 spiro atoms. The molecular formula is C19H28N2O6S. The fourth-order valence-electron chi connectivity index (χ4n) is 1.99. The highest BCUT2D eigenvalue weighted by molar-refractivity contribution is 7.99. The maximum atomic E-state index is 11.9. The van der Waals surface area contributed by atoms with E-state index in [1.54, 1.807) is 20.8 Å². The number of aliphatic carboxylic acids is 1. The van der Waals surface area contributed by atoms with E-state index >= 15 is 0 Å². The lowest BCUT2D eigenvalue weighted by Crippen LogP contribution is -2.45. The van der Waals surface area contributed by atoms with Gasteiger partial charge in [0.25, 0.3) is 0 Å². The molecule has 1 unspecified atom stereocenters. The molecule has 0 heterocycles. The SMILES string of the molecule is CCC(NC(=O)OCc1ccccc1)SC[C@H](NC(=O)OC(C)(C)C)C(=O)O. The van der Waals surface area contributed by atoms with Gasteiger partial charge in [-0.1, -0.05) is 37.3 Å². The number of nitrogens with one attached hydrogen (secondary N) is 2. The normalized spacial score (nSPS) is 13.1. The van der Waals surface area contributed by atoms with Gasteiger partial charge in [-0.2, -0.15) is 0 Å². The van der Waals surface area contributed by atoms with Crippen molar-refractivity contribution in [3.05, 3.63) is 35.9 Å². The van der Waals surface area contributed by atoms with Crippen LogP contribution < -0.4 is 10.6 Å². The first kappa shape index (κ1) is 23.6. The van der Waals surface area contributed by atoms with Gasteiger partial charge in [-0.05, 0) is 32.8 Å². The van der Waals surface area contributed by atoms with Crippen molar-refractivity contribution in [1.29, 1.82) is 0 Å². The van der Waals surface area contributed by atoms with E-state index in [4.69, 9.17) is 9.47 Å². The van der Waals surface area contributed by atoms with Gasteiger partial charge < -0.3 is 25.2 Å². The molecule has 2 amide bonds. The Morgan fingerprint density at radius 2 is 1.75 bits per heavy atom. The number of carbonyl (C=O) groups excluding carboxylic acids is 2. The summed E-state index contributed by atoms with van der Waals surface area (Å²) in [6.07, 6.45) is -0.830. The topological polar surface area (TPSA) is 114 Å². The molecule has 1 aromatic carbocycles. The molecule has 156 valence electrons. The minimum atomic E-state index is -1.18. The number of thioether (sulfide) groups is 1. The molecule has 3 N–H and O–H groups in total. The number of amides is 2. The van der Waals surface area contributed by atoms with Gasteiger partial charge >= 0.3 is 18.2 Å². The third kappa shape index (κ3) is 10.1. The first-order valence-corrected chi connectivity index (χ1v) is 9.96. The Bertz CT molecular complexity index is 648. The van der Waals surface area contributed by atoms with E-state index in [9.17, 15) is 19.5 Å². The lowest BCUT2D eigenvalue weighted by Gasteiger charge is -2.23. The monoisotopic (exact) mass is 412 g/mol. The van der Waals surface area contributed by atoms with Gasteiger partial charge in [-0.15, -0.1) is 11.8 Å². The first-order valence-electron chi connectivity index (χ1n) is 8.92.